The van der Waals surface area contributed by atoms with E-state index in [0.717, 1.165) is 5.52 Å². The highest BCUT2D eigenvalue weighted by molar-refractivity contribution is 7.10. The van der Waals surface area contributed by atoms with Gasteiger partial charge in [0.15, 0.2) is 0 Å². The summed E-state index contributed by atoms with van der Waals surface area (Å²) in [4.78, 5) is 10.5. The lowest BCUT2D eigenvalue weighted by molar-refractivity contribution is 0.268. The van der Waals surface area contributed by atoms with Crippen LogP contribution in [0.1, 0.15) is 48.1 Å². The van der Waals surface area contributed by atoms with Crippen LogP contribution in [0.2, 0.25) is 0 Å². The third-order valence-corrected chi connectivity index (χ3v) is 7.53. The van der Waals surface area contributed by atoms with Crippen LogP contribution in [-0.4, -0.2) is 14.5 Å². The predicted octanol–water partition coefficient (Wildman–Crippen LogP) is 6.04. The van der Waals surface area contributed by atoms with Gasteiger partial charge in [-0.2, -0.15) is 0 Å². The molecule has 0 radical (unpaired) electrons. The second kappa shape index (κ2) is 6.03. The summed E-state index contributed by atoms with van der Waals surface area (Å²) in [5, 5.41) is 3.57. The molecule has 4 aromatic rings. The van der Waals surface area contributed by atoms with Gasteiger partial charge in [0, 0.05) is 22.0 Å². The Morgan fingerprint density at radius 2 is 1.89 bits per heavy atom. The molecule has 1 aromatic carbocycles. The van der Waals surface area contributed by atoms with E-state index in [4.69, 9.17) is 0 Å². The van der Waals surface area contributed by atoms with Crippen molar-refractivity contribution in [1.82, 2.24) is 14.5 Å². The lowest BCUT2D eigenvalue weighted by atomic mass is 9.75. The second-order valence-corrected chi connectivity index (χ2v) is 8.81. The Kier molecular flexibility index (Phi) is 3.48. The Hall–Kier alpha value is -2.46. The maximum atomic E-state index is 4.54. The number of para-hydroxylation sites is 1. The van der Waals surface area contributed by atoms with E-state index in [2.05, 4.69) is 56.3 Å². The third kappa shape index (κ3) is 2.32. The molecule has 2 aliphatic rings. The molecule has 0 N–H and O–H groups in total. The molecule has 1 aliphatic heterocycles. The van der Waals surface area contributed by atoms with Gasteiger partial charge in [0.25, 0.3) is 0 Å². The van der Waals surface area contributed by atoms with Crippen molar-refractivity contribution in [3.05, 3.63) is 70.9 Å². The van der Waals surface area contributed by atoms with E-state index in [-0.39, 0.29) is 0 Å². The van der Waals surface area contributed by atoms with E-state index in [1.165, 1.54) is 47.9 Å². The number of fused-ring (bicyclic) bond motifs is 4. The van der Waals surface area contributed by atoms with E-state index in [0.29, 0.717) is 17.9 Å². The smallest absolute Gasteiger partial charge is 0.0957 e. The summed E-state index contributed by atoms with van der Waals surface area (Å²) >= 11 is 1.92. The molecule has 0 bridgehead atoms. The molecule has 1 aliphatic carbocycles. The average molecular weight is 372 g/mol. The maximum Gasteiger partial charge on any atom is 0.0957 e. The fraction of sp³-hybridized carbons (Fsp3) is 0.304. The molecule has 1 atom stereocenters. The van der Waals surface area contributed by atoms with Crippen LogP contribution in [0.4, 0.5) is 0 Å². The molecule has 134 valence electrons. The van der Waals surface area contributed by atoms with Crippen molar-refractivity contribution in [2.75, 3.05) is 0 Å². The molecular weight excluding hydrogens is 350 g/mol. The van der Waals surface area contributed by atoms with E-state index in [9.17, 15) is 0 Å². The van der Waals surface area contributed by atoms with Crippen molar-refractivity contribution >= 4 is 22.2 Å². The van der Waals surface area contributed by atoms with E-state index in [1.807, 2.05) is 30.1 Å². The minimum atomic E-state index is 0.493. The lowest BCUT2D eigenvalue weighted by Crippen LogP contribution is -2.22. The van der Waals surface area contributed by atoms with Crippen LogP contribution >= 0.6 is 11.3 Å². The molecule has 3 aromatic heterocycles. The van der Waals surface area contributed by atoms with Gasteiger partial charge in [-0.1, -0.05) is 18.2 Å². The number of rotatable bonds is 2. The standard InChI is InChI=1S/C23H21N3S/c1-2-4-20-18(3-1)17(9-11-25-20)15-5-7-16(8-6-15)22-23-19(10-12-27-23)21-13-24-14-26(21)22/h1-4,9-16,22H,5-8H2/t15-,16-,22-/m0/s1. The highest BCUT2D eigenvalue weighted by Gasteiger charge is 2.37. The van der Waals surface area contributed by atoms with Crippen LogP contribution in [0.15, 0.2) is 60.5 Å². The summed E-state index contributed by atoms with van der Waals surface area (Å²) in [6.45, 7) is 0. The minimum absolute atomic E-state index is 0.493. The van der Waals surface area contributed by atoms with E-state index >= 15 is 0 Å². The molecule has 0 saturated heterocycles. The molecule has 27 heavy (non-hydrogen) atoms. The molecule has 0 spiro atoms. The Labute approximate surface area is 162 Å². The fourth-order valence-corrected chi connectivity index (χ4v) is 6.38. The van der Waals surface area contributed by atoms with Gasteiger partial charge in [-0.05, 0) is 66.7 Å². The molecule has 4 heterocycles. The molecule has 0 unspecified atom stereocenters. The number of thiophene rings is 1. The topological polar surface area (TPSA) is 30.7 Å². The SMILES string of the molecule is c1ccc2c(c1)nccc2[C@H]1CC[C@H]([C@H]2c3sccc3-c3cncn32)CC1. The normalized spacial score (nSPS) is 24.1. The van der Waals surface area contributed by atoms with Crippen molar-refractivity contribution in [1.29, 1.82) is 0 Å². The number of hydrogen-bond donors (Lipinski definition) is 0. The fourth-order valence-electron chi connectivity index (χ4n) is 5.28. The Morgan fingerprint density at radius 1 is 1.00 bits per heavy atom. The zero-order valence-corrected chi connectivity index (χ0v) is 15.9. The van der Waals surface area contributed by atoms with Crippen molar-refractivity contribution in [2.24, 2.45) is 5.92 Å². The summed E-state index contributed by atoms with van der Waals surface area (Å²) in [5.41, 5.74) is 5.33. The van der Waals surface area contributed by atoms with Gasteiger partial charge < -0.3 is 4.57 Å². The van der Waals surface area contributed by atoms with Crippen molar-refractivity contribution in [3.63, 3.8) is 0 Å². The van der Waals surface area contributed by atoms with Crippen LogP contribution in [0.5, 0.6) is 0 Å². The molecule has 6 rings (SSSR count). The minimum Gasteiger partial charge on any atom is -0.322 e. The first-order chi connectivity index (χ1) is 13.4. The zero-order chi connectivity index (χ0) is 17.8. The third-order valence-electron chi connectivity index (χ3n) is 6.55. The number of imidazole rings is 1. The van der Waals surface area contributed by atoms with Gasteiger partial charge in [-0.15, -0.1) is 11.3 Å². The van der Waals surface area contributed by atoms with Crippen LogP contribution in [0.25, 0.3) is 22.2 Å². The van der Waals surface area contributed by atoms with Crippen molar-refractivity contribution in [2.45, 2.75) is 37.6 Å². The summed E-state index contributed by atoms with van der Waals surface area (Å²) in [7, 11) is 0. The van der Waals surface area contributed by atoms with Crippen molar-refractivity contribution < 1.29 is 0 Å². The highest BCUT2D eigenvalue weighted by atomic mass is 32.1. The van der Waals surface area contributed by atoms with Crippen LogP contribution in [0.3, 0.4) is 0 Å². The first-order valence-electron chi connectivity index (χ1n) is 9.83. The predicted molar refractivity (Wildman–Crippen MR) is 110 cm³/mol. The van der Waals surface area contributed by atoms with Gasteiger partial charge in [0.2, 0.25) is 0 Å². The molecule has 4 heteroatoms. The first-order valence-corrected chi connectivity index (χ1v) is 10.7. The number of benzene rings is 1. The van der Waals surface area contributed by atoms with Gasteiger partial charge in [-0.3, -0.25) is 4.98 Å². The summed E-state index contributed by atoms with van der Waals surface area (Å²) in [5.74, 6) is 1.36. The molecule has 0 amide bonds. The number of hydrogen-bond acceptors (Lipinski definition) is 3. The van der Waals surface area contributed by atoms with E-state index < -0.39 is 0 Å². The van der Waals surface area contributed by atoms with Crippen molar-refractivity contribution in [3.8, 4) is 11.3 Å². The van der Waals surface area contributed by atoms with E-state index in [1.54, 1.807) is 4.88 Å². The molecule has 3 nitrogen and oxygen atoms in total. The van der Waals surface area contributed by atoms with Gasteiger partial charge in [0.1, 0.15) is 0 Å². The van der Waals surface area contributed by atoms with Gasteiger partial charge in [-0.25, -0.2) is 4.98 Å². The quantitative estimate of drug-likeness (QED) is 0.430. The first kappa shape index (κ1) is 15.6. The largest absolute Gasteiger partial charge is 0.322 e. The zero-order valence-electron chi connectivity index (χ0n) is 15.1. The Morgan fingerprint density at radius 3 is 2.81 bits per heavy atom. The Balaban J connectivity index is 1.28. The number of aromatic nitrogens is 3. The summed E-state index contributed by atoms with van der Waals surface area (Å²) in [6, 6.07) is 13.6. The average Bonchev–Trinajstić information content (AvgIpc) is 3.42. The molecule has 1 fully saturated rings. The Bertz CT molecular complexity index is 1070. The second-order valence-electron chi connectivity index (χ2n) is 7.86. The number of pyridine rings is 1. The van der Waals surface area contributed by atoms with Crippen LogP contribution in [0, 0.1) is 5.92 Å². The van der Waals surface area contributed by atoms with Crippen LogP contribution < -0.4 is 0 Å². The van der Waals surface area contributed by atoms with Gasteiger partial charge in [0.05, 0.1) is 29.8 Å². The van der Waals surface area contributed by atoms with Crippen LogP contribution in [-0.2, 0) is 0 Å². The molecular formula is C23H21N3S. The highest BCUT2D eigenvalue weighted by Crippen LogP contribution is 2.51. The number of nitrogens with zero attached hydrogens (tertiary/aromatic N) is 3. The molecule has 1 saturated carbocycles. The maximum absolute atomic E-state index is 4.54. The summed E-state index contributed by atoms with van der Waals surface area (Å²) < 4.78 is 2.42. The monoisotopic (exact) mass is 371 g/mol. The lowest BCUT2D eigenvalue weighted by Gasteiger charge is -2.33. The van der Waals surface area contributed by atoms with Gasteiger partial charge >= 0.3 is 0 Å². The summed E-state index contributed by atoms with van der Waals surface area (Å²) in [6.07, 6.45) is 11.1.